The second-order valence-electron chi connectivity index (χ2n) is 6.03. The molecule has 0 fully saturated rings. The Kier molecular flexibility index (Phi) is 4.79. The summed E-state index contributed by atoms with van der Waals surface area (Å²) in [6.07, 6.45) is 2.05. The Hall–Kier alpha value is -2.82. The lowest BCUT2D eigenvalue weighted by molar-refractivity contribution is -0.118. The van der Waals surface area contributed by atoms with E-state index in [0.29, 0.717) is 5.69 Å². The molecule has 5 heteroatoms. The Morgan fingerprint density at radius 1 is 1.12 bits per heavy atom. The first-order valence-corrected chi connectivity index (χ1v) is 8.12. The van der Waals surface area contributed by atoms with Crippen LogP contribution in [0.1, 0.15) is 17.5 Å². The topological polar surface area (TPSA) is 61.4 Å². The van der Waals surface area contributed by atoms with Crippen LogP contribution in [0.15, 0.2) is 48.5 Å². The Balaban J connectivity index is 1.59. The molecule has 0 saturated carbocycles. The van der Waals surface area contributed by atoms with Gasteiger partial charge >= 0.3 is 6.03 Å². The van der Waals surface area contributed by atoms with E-state index in [-0.39, 0.29) is 12.5 Å². The first-order chi connectivity index (χ1) is 11.6. The Morgan fingerprint density at radius 2 is 1.92 bits per heavy atom. The standard InChI is InChI=1S/C19H21N3O2/c1-14-9-10-17-15(12-14)6-5-11-22(17)13-18(23)21-19(24)20-16-7-3-2-4-8-16/h2-4,7-10,12H,5-6,11,13H2,1H3,(H2,20,21,23,24). The number of para-hydroxylation sites is 1. The molecule has 2 aromatic carbocycles. The van der Waals surface area contributed by atoms with E-state index in [9.17, 15) is 9.59 Å². The summed E-state index contributed by atoms with van der Waals surface area (Å²) < 4.78 is 0. The summed E-state index contributed by atoms with van der Waals surface area (Å²) >= 11 is 0. The minimum absolute atomic E-state index is 0.179. The Labute approximate surface area is 141 Å². The average molecular weight is 323 g/mol. The zero-order chi connectivity index (χ0) is 16.9. The van der Waals surface area contributed by atoms with Gasteiger partial charge in [-0.2, -0.15) is 0 Å². The number of hydrogen-bond donors (Lipinski definition) is 2. The number of benzene rings is 2. The summed E-state index contributed by atoms with van der Waals surface area (Å²) in [6.45, 7) is 3.07. The lowest BCUT2D eigenvalue weighted by Crippen LogP contribution is -2.43. The van der Waals surface area contributed by atoms with Gasteiger partial charge in [-0.3, -0.25) is 10.1 Å². The smallest absolute Gasteiger partial charge is 0.325 e. The van der Waals surface area contributed by atoms with E-state index >= 15 is 0 Å². The molecule has 0 bridgehead atoms. The molecule has 0 aliphatic carbocycles. The van der Waals surface area contributed by atoms with Crippen molar-refractivity contribution in [2.45, 2.75) is 19.8 Å². The molecular weight excluding hydrogens is 302 g/mol. The maximum absolute atomic E-state index is 12.2. The van der Waals surface area contributed by atoms with Crippen molar-refractivity contribution in [1.29, 1.82) is 0 Å². The predicted molar refractivity (Wildman–Crippen MR) is 95.3 cm³/mol. The molecule has 24 heavy (non-hydrogen) atoms. The number of nitrogens with one attached hydrogen (secondary N) is 2. The summed E-state index contributed by atoms with van der Waals surface area (Å²) in [7, 11) is 0. The minimum Gasteiger partial charge on any atom is -0.362 e. The molecule has 2 aromatic rings. The van der Waals surface area contributed by atoms with Gasteiger partial charge in [0.1, 0.15) is 0 Å². The first-order valence-electron chi connectivity index (χ1n) is 8.12. The van der Waals surface area contributed by atoms with Gasteiger partial charge in [-0.25, -0.2) is 4.79 Å². The summed E-state index contributed by atoms with van der Waals surface area (Å²) in [5, 5.41) is 5.03. The van der Waals surface area contributed by atoms with Crippen LogP contribution in [0, 0.1) is 6.92 Å². The second kappa shape index (κ2) is 7.17. The second-order valence-corrected chi connectivity index (χ2v) is 6.03. The van der Waals surface area contributed by atoms with E-state index in [0.717, 1.165) is 25.1 Å². The molecule has 0 aromatic heterocycles. The van der Waals surface area contributed by atoms with Crippen molar-refractivity contribution >= 4 is 23.3 Å². The third-order valence-electron chi connectivity index (χ3n) is 4.07. The molecule has 0 saturated heterocycles. The van der Waals surface area contributed by atoms with Gasteiger partial charge in [0.25, 0.3) is 0 Å². The predicted octanol–water partition coefficient (Wildman–Crippen LogP) is 3.10. The fourth-order valence-corrected chi connectivity index (χ4v) is 2.99. The van der Waals surface area contributed by atoms with Crippen molar-refractivity contribution < 1.29 is 9.59 Å². The van der Waals surface area contributed by atoms with Crippen molar-refractivity contribution in [2.24, 2.45) is 0 Å². The zero-order valence-electron chi connectivity index (χ0n) is 13.7. The SMILES string of the molecule is Cc1ccc2c(c1)CCCN2CC(=O)NC(=O)Nc1ccccc1. The van der Waals surface area contributed by atoms with Crippen LogP contribution in [-0.2, 0) is 11.2 Å². The fourth-order valence-electron chi connectivity index (χ4n) is 2.99. The van der Waals surface area contributed by atoms with Crippen LogP contribution in [0.2, 0.25) is 0 Å². The van der Waals surface area contributed by atoms with Crippen molar-refractivity contribution in [2.75, 3.05) is 23.3 Å². The van der Waals surface area contributed by atoms with E-state index in [1.807, 2.05) is 23.1 Å². The van der Waals surface area contributed by atoms with Gasteiger partial charge in [-0.1, -0.05) is 35.9 Å². The van der Waals surface area contributed by atoms with Crippen LogP contribution in [-0.4, -0.2) is 25.0 Å². The molecule has 0 unspecified atom stereocenters. The van der Waals surface area contributed by atoms with Gasteiger partial charge < -0.3 is 10.2 Å². The lowest BCUT2D eigenvalue weighted by atomic mass is 9.99. The molecule has 0 spiro atoms. The van der Waals surface area contributed by atoms with Crippen LogP contribution >= 0.6 is 0 Å². The van der Waals surface area contributed by atoms with E-state index in [1.165, 1.54) is 11.1 Å². The number of imide groups is 1. The Bertz CT molecular complexity index is 744. The number of rotatable bonds is 3. The number of nitrogens with zero attached hydrogens (tertiary/aromatic N) is 1. The van der Waals surface area contributed by atoms with E-state index in [1.54, 1.807) is 12.1 Å². The highest BCUT2D eigenvalue weighted by molar-refractivity contribution is 6.02. The normalized spacial score (nSPS) is 13.1. The van der Waals surface area contributed by atoms with Crippen LogP contribution in [0.5, 0.6) is 0 Å². The average Bonchev–Trinajstić information content (AvgIpc) is 2.55. The van der Waals surface area contributed by atoms with Crippen molar-refractivity contribution in [1.82, 2.24) is 5.32 Å². The molecule has 1 heterocycles. The number of carbonyl (C=O) groups excluding carboxylic acids is 2. The summed E-state index contributed by atoms with van der Waals surface area (Å²) in [6, 6.07) is 14.8. The van der Waals surface area contributed by atoms with Gasteiger partial charge in [-0.15, -0.1) is 0 Å². The number of fused-ring (bicyclic) bond motifs is 1. The van der Waals surface area contributed by atoms with Crippen LogP contribution in [0.25, 0.3) is 0 Å². The zero-order valence-corrected chi connectivity index (χ0v) is 13.7. The maximum Gasteiger partial charge on any atom is 0.325 e. The number of carbonyl (C=O) groups is 2. The third kappa shape index (κ3) is 3.93. The van der Waals surface area contributed by atoms with Gasteiger partial charge in [0.15, 0.2) is 0 Å². The molecule has 124 valence electrons. The largest absolute Gasteiger partial charge is 0.362 e. The fraction of sp³-hybridized carbons (Fsp3) is 0.263. The summed E-state index contributed by atoms with van der Waals surface area (Å²) in [5.41, 5.74) is 4.23. The summed E-state index contributed by atoms with van der Waals surface area (Å²) in [5.74, 6) is -0.308. The van der Waals surface area contributed by atoms with Gasteiger partial charge in [0, 0.05) is 17.9 Å². The number of anilines is 2. The van der Waals surface area contributed by atoms with Crippen LogP contribution in [0.4, 0.5) is 16.2 Å². The van der Waals surface area contributed by atoms with Gasteiger partial charge in [-0.05, 0) is 43.5 Å². The van der Waals surface area contributed by atoms with Crippen molar-refractivity contribution in [3.8, 4) is 0 Å². The van der Waals surface area contributed by atoms with Crippen molar-refractivity contribution in [3.05, 3.63) is 59.7 Å². The molecule has 0 atom stereocenters. The number of aryl methyl sites for hydroxylation is 2. The number of urea groups is 1. The van der Waals surface area contributed by atoms with Crippen LogP contribution < -0.4 is 15.5 Å². The maximum atomic E-state index is 12.2. The molecule has 1 aliphatic rings. The van der Waals surface area contributed by atoms with Crippen molar-refractivity contribution in [3.63, 3.8) is 0 Å². The molecule has 0 radical (unpaired) electrons. The minimum atomic E-state index is -0.507. The molecule has 3 amide bonds. The highest BCUT2D eigenvalue weighted by atomic mass is 16.2. The molecular formula is C19H21N3O2. The Morgan fingerprint density at radius 3 is 2.71 bits per heavy atom. The van der Waals surface area contributed by atoms with E-state index in [4.69, 9.17) is 0 Å². The highest BCUT2D eigenvalue weighted by Crippen LogP contribution is 2.27. The number of hydrogen-bond acceptors (Lipinski definition) is 3. The van der Waals surface area contributed by atoms with Gasteiger partial charge in [0.05, 0.1) is 6.54 Å². The molecule has 3 rings (SSSR count). The quantitative estimate of drug-likeness (QED) is 0.912. The monoisotopic (exact) mass is 323 g/mol. The molecule has 1 aliphatic heterocycles. The van der Waals surface area contributed by atoms with E-state index in [2.05, 4.69) is 35.8 Å². The number of amides is 3. The lowest BCUT2D eigenvalue weighted by Gasteiger charge is -2.30. The van der Waals surface area contributed by atoms with E-state index < -0.39 is 6.03 Å². The van der Waals surface area contributed by atoms with Gasteiger partial charge in [0.2, 0.25) is 5.91 Å². The molecule has 5 nitrogen and oxygen atoms in total. The first kappa shape index (κ1) is 16.1. The van der Waals surface area contributed by atoms with Crippen LogP contribution in [0.3, 0.4) is 0 Å². The highest BCUT2D eigenvalue weighted by Gasteiger charge is 2.20. The molecule has 2 N–H and O–H groups in total. The summed E-state index contributed by atoms with van der Waals surface area (Å²) in [4.78, 5) is 26.1. The third-order valence-corrected chi connectivity index (χ3v) is 4.07.